The highest BCUT2D eigenvalue weighted by atomic mass is 16.5. The number of ether oxygens (including phenoxy) is 2. The number of aliphatic hydroxyl groups is 1. The summed E-state index contributed by atoms with van der Waals surface area (Å²) >= 11 is 0. The van der Waals surface area contributed by atoms with Gasteiger partial charge in [0.1, 0.15) is 22.8 Å². The van der Waals surface area contributed by atoms with Gasteiger partial charge in [-0.3, -0.25) is 24.2 Å². The van der Waals surface area contributed by atoms with Crippen LogP contribution in [0, 0.1) is 6.92 Å². The maximum atomic E-state index is 13.6. The Morgan fingerprint density at radius 3 is 2.43 bits per heavy atom. The average Bonchev–Trinajstić information content (AvgIpc) is 3.21. The molecule has 42 heavy (non-hydrogen) atoms. The van der Waals surface area contributed by atoms with E-state index in [1.54, 1.807) is 75.3 Å². The Balaban J connectivity index is 1.37. The molecule has 0 saturated carbocycles. The van der Waals surface area contributed by atoms with Crippen LogP contribution >= 0.6 is 0 Å². The Labute approximate surface area is 243 Å². The third kappa shape index (κ3) is 5.87. The number of aromatic nitrogens is 4. The van der Waals surface area contributed by atoms with Gasteiger partial charge in [0.2, 0.25) is 0 Å². The van der Waals surface area contributed by atoms with Crippen molar-refractivity contribution in [1.82, 2.24) is 19.3 Å². The summed E-state index contributed by atoms with van der Waals surface area (Å²) in [6, 6.07) is 19.9. The van der Waals surface area contributed by atoms with Gasteiger partial charge >= 0.3 is 0 Å². The number of hydrogen-bond donors (Lipinski definition) is 1. The minimum atomic E-state index is -1.12. The summed E-state index contributed by atoms with van der Waals surface area (Å²) in [7, 11) is 1.60. The number of Topliss-reactive ketones (excluding diaryl/α,β-unsaturated/α-hetero) is 1. The van der Waals surface area contributed by atoms with E-state index in [9.17, 15) is 14.7 Å². The largest absolute Gasteiger partial charge is 0.497 e. The molecule has 0 saturated heterocycles. The van der Waals surface area contributed by atoms with Gasteiger partial charge in [-0.2, -0.15) is 0 Å². The summed E-state index contributed by atoms with van der Waals surface area (Å²) in [4.78, 5) is 36.0. The number of ketones is 1. The number of fused-ring (bicyclic) bond motifs is 1. The van der Waals surface area contributed by atoms with Crippen molar-refractivity contribution in [2.75, 3.05) is 7.11 Å². The number of nitrogens with zero attached hydrogens (tertiary/aromatic N) is 4. The second-order valence-corrected chi connectivity index (χ2v) is 10.7. The second kappa shape index (κ2) is 11.5. The summed E-state index contributed by atoms with van der Waals surface area (Å²) in [6.07, 6.45) is 3.39. The number of hydrogen-bond acceptors (Lipinski definition) is 7. The van der Waals surface area contributed by atoms with Crippen LogP contribution in [0.2, 0.25) is 0 Å². The van der Waals surface area contributed by atoms with Crippen LogP contribution in [-0.4, -0.2) is 42.9 Å². The lowest BCUT2D eigenvalue weighted by Crippen LogP contribution is -2.32. The van der Waals surface area contributed by atoms with Crippen molar-refractivity contribution in [2.45, 2.75) is 39.3 Å². The number of para-hydroxylation sites is 1. The second-order valence-electron chi connectivity index (χ2n) is 10.7. The van der Waals surface area contributed by atoms with E-state index >= 15 is 0 Å². The van der Waals surface area contributed by atoms with Crippen LogP contribution in [-0.2, 0) is 13.0 Å². The van der Waals surface area contributed by atoms with Crippen LogP contribution in [0.1, 0.15) is 35.6 Å². The van der Waals surface area contributed by atoms with Gasteiger partial charge in [0.25, 0.3) is 5.56 Å². The number of methoxy groups -OCH3 is 1. The number of rotatable bonds is 10. The number of allylic oxidation sites excluding steroid dienone is 1. The molecule has 5 rings (SSSR count). The van der Waals surface area contributed by atoms with Gasteiger partial charge in [-0.1, -0.05) is 24.8 Å². The van der Waals surface area contributed by atoms with Crippen LogP contribution in [0.3, 0.4) is 0 Å². The first-order valence-corrected chi connectivity index (χ1v) is 13.4. The summed E-state index contributed by atoms with van der Waals surface area (Å²) in [5.74, 6) is 1.38. The van der Waals surface area contributed by atoms with Crippen molar-refractivity contribution in [3.63, 3.8) is 0 Å². The predicted octanol–water partition coefficient (Wildman–Crippen LogP) is 5.44. The molecule has 0 aliphatic carbocycles. The first kappa shape index (κ1) is 28.5. The van der Waals surface area contributed by atoms with Crippen molar-refractivity contribution in [3.8, 4) is 22.9 Å². The molecule has 0 bridgehead atoms. The maximum Gasteiger partial charge on any atom is 0.282 e. The number of pyridine rings is 2. The number of carbonyl (C=O) groups excluding carboxylic acids is 1. The molecule has 9 nitrogen and oxygen atoms in total. The third-order valence-electron chi connectivity index (χ3n) is 6.81. The van der Waals surface area contributed by atoms with E-state index in [2.05, 4.69) is 16.5 Å². The summed E-state index contributed by atoms with van der Waals surface area (Å²) in [5.41, 5.74) is 1.06. The number of carbonyl (C=O) groups is 1. The van der Waals surface area contributed by atoms with E-state index in [-0.39, 0.29) is 24.1 Å². The molecule has 2 aromatic carbocycles. The third-order valence-corrected chi connectivity index (χ3v) is 6.81. The predicted molar refractivity (Wildman–Crippen MR) is 161 cm³/mol. The van der Waals surface area contributed by atoms with E-state index in [1.165, 1.54) is 4.68 Å². The van der Waals surface area contributed by atoms with Gasteiger partial charge < -0.3 is 14.6 Å². The van der Waals surface area contributed by atoms with Crippen molar-refractivity contribution >= 4 is 16.7 Å². The lowest BCUT2D eigenvalue weighted by molar-refractivity contribution is 0.0546. The van der Waals surface area contributed by atoms with Crippen molar-refractivity contribution in [2.24, 2.45) is 0 Å². The van der Waals surface area contributed by atoms with Crippen molar-refractivity contribution in [3.05, 3.63) is 119 Å². The fourth-order valence-electron chi connectivity index (χ4n) is 4.79. The molecule has 0 aliphatic heterocycles. The fourth-order valence-corrected chi connectivity index (χ4v) is 4.79. The van der Waals surface area contributed by atoms with Gasteiger partial charge in [-0.25, -0.2) is 4.68 Å². The molecular weight excluding hydrogens is 532 g/mol. The molecule has 0 aliphatic rings. The Morgan fingerprint density at radius 1 is 1.02 bits per heavy atom. The van der Waals surface area contributed by atoms with E-state index in [1.807, 2.05) is 36.4 Å². The molecule has 3 heterocycles. The van der Waals surface area contributed by atoms with E-state index in [0.29, 0.717) is 34.3 Å². The van der Waals surface area contributed by atoms with Crippen LogP contribution in [0.25, 0.3) is 16.6 Å². The van der Waals surface area contributed by atoms with Crippen LogP contribution in [0.5, 0.6) is 17.2 Å². The quantitative estimate of drug-likeness (QED) is 0.178. The van der Waals surface area contributed by atoms with Gasteiger partial charge in [-0.05, 0) is 68.8 Å². The summed E-state index contributed by atoms with van der Waals surface area (Å²) < 4.78 is 14.4. The Bertz CT molecular complexity index is 1830. The molecule has 0 spiro atoms. The Morgan fingerprint density at radius 2 is 1.76 bits per heavy atom. The molecule has 0 radical (unpaired) electrons. The molecule has 3 aromatic heterocycles. The van der Waals surface area contributed by atoms with Crippen LogP contribution in [0.4, 0.5) is 0 Å². The maximum absolute atomic E-state index is 13.6. The molecular formula is C33H32N4O5. The number of benzene rings is 2. The first-order valence-electron chi connectivity index (χ1n) is 13.4. The van der Waals surface area contributed by atoms with Crippen LogP contribution in [0.15, 0.2) is 96.1 Å². The summed E-state index contributed by atoms with van der Waals surface area (Å²) in [6.45, 7) is 9.12. The molecule has 9 heteroatoms. The average molecular weight is 565 g/mol. The molecule has 0 amide bonds. The van der Waals surface area contributed by atoms with Gasteiger partial charge in [0, 0.05) is 35.5 Å². The molecule has 0 atom stereocenters. The van der Waals surface area contributed by atoms with E-state index in [4.69, 9.17) is 9.47 Å². The van der Waals surface area contributed by atoms with Crippen molar-refractivity contribution in [1.29, 1.82) is 0 Å². The highest BCUT2D eigenvalue weighted by molar-refractivity contribution is 6.09. The lowest BCUT2D eigenvalue weighted by atomic mass is 10.0. The van der Waals surface area contributed by atoms with E-state index < -0.39 is 16.9 Å². The van der Waals surface area contributed by atoms with Crippen LogP contribution < -0.4 is 15.0 Å². The molecule has 0 fully saturated rings. The molecule has 1 N–H and O–H groups in total. The van der Waals surface area contributed by atoms with E-state index in [0.717, 1.165) is 10.9 Å². The highest BCUT2D eigenvalue weighted by Crippen LogP contribution is 2.30. The van der Waals surface area contributed by atoms with Gasteiger partial charge in [-0.15, -0.1) is 0 Å². The Kier molecular flexibility index (Phi) is 7.78. The zero-order valence-electron chi connectivity index (χ0n) is 24.0. The normalized spacial score (nSPS) is 11.5. The Hall–Kier alpha value is -5.02. The van der Waals surface area contributed by atoms with Crippen molar-refractivity contribution < 1.29 is 19.4 Å². The fraction of sp³-hybridized carbons (Fsp3) is 0.212. The topological polar surface area (TPSA) is 108 Å². The monoisotopic (exact) mass is 564 g/mol. The zero-order chi connectivity index (χ0) is 30.0. The standard InChI is InChI=1S/C33H32N4O5/c1-21(31(38)30-22(2)36(20-33(3,4)40)37(32(30)39)24-9-7-6-8-10-24)17-23-11-12-26(19-35-23)42-29-15-16-34-28-18-25(41-5)13-14-27(28)29/h6-16,18-19,40H,1,17,20H2,2-5H3. The highest BCUT2D eigenvalue weighted by Gasteiger charge is 2.28. The molecule has 5 aromatic rings. The first-order chi connectivity index (χ1) is 20.1. The zero-order valence-corrected chi connectivity index (χ0v) is 24.0. The van der Waals surface area contributed by atoms with Gasteiger partial charge in [0.05, 0.1) is 36.7 Å². The lowest BCUT2D eigenvalue weighted by Gasteiger charge is -2.22. The minimum Gasteiger partial charge on any atom is -0.497 e. The molecule has 214 valence electrons. The minimum absolute atomic E-state index is 0.0225. The smallest absolute Gasteiger partial charge is 0.282 e. The SMILES string of the molecule is C=C(Cc1ccc(Oc2ccnc3cc(OC)ccc23)cn1)C(=O)c1c(C)n(CC(C)(C)O)n(-c2ccccc2)c1=O. The molecule has 0 unspecified atom stereocenters. The summed E-state index contributed by atoms with van der Waals surface area (Å²) in [5, 5.41) is 11.4. The van der Waals surface area contributed by atoms with Gasteiger partial charge in [0.15, 0.2) is 5.78 Å².